The number of anilines is 2. The summed E-state index contributed by atoms with van der Waals surface area (Å²) in [6.07, 6.45) is 20.1. The minimum absolute atomic E-state index is 0.0394. The Morgan fingerprint density at radius 1 is 0.721 bits per heavy atom. The highest BCUT2D eigenvalue weighted by Gasteiger charge is 2.36. The normalized spacial score (nSPS) is 21.8. The molecule has 4 aromatic rings. The van der Waals surface area contributed by atoms with Crippen molar-refractivity contribution in [3.8, 4) is 11.1 Å². The average Bonchev–Trinajstić information content (AvgIpc) is 3.43. The van der Waals surface area contributed by atoms with Gasteiger partial charge in [-0.2, -0.15) is 0 Å². The van der Waals surface area contributed by atoms with Gasteiger partial charge in [-0.3, -0.25) is 4.99 Å². The highest BCUT2D eigenvalue weighted by molar-refractivity contribution is 6.06. The highest BCUT2D eigenvalue weighted by Crippen LogP contribution is 2.47. The summed E-state index contributed by atoms with van der Waals surface area (Å²) in [4.78, 5) is 7.60. The van der Waals surface area contributed by atoms with Crippen LogP contribution in [0.15, 0.2) is 162 Å². The van der Waals surface area contributed by atoms with Crippen molar-refractivity contribution in [3.63, 3.8) is 0 Å². The maximum atomic E-state index is 5.12. The fraction of sp³-hybridized carbons (Fsp3) is 0.125. The largest absolute Gasteiger partial charge is 0.340 e. The quantitative estimate of drug-likeness (QED) is 0.266. The van der Waals surface area contributed by atoms with Crippen LogP contribution in [0.2, 0.25) is 0 Å². The third-order valence-electron chi connectivity index (χ3n) is 8.87. The van der Waals surface area contributed by atoms with E-state index in [1.54, 1.807) is 0 Å². The molecule has 0 fully saturated rings. The molecule has 1 N–H and O–H groups in total. The first-order valence-corrected chi connectivity index (χ1v) is 15.2. The number of para-hydroxylation sites is 1. The first-order valence-electron chi connectivity index (χ1n) is 15.2. The molecule has 4 aliphatic rings. The molecule has 3 atom stereocenters. The molecular weight excluding hydrogens is 522 g/mol. The Bertz CT molecular complexity index is 1850. The van der Waals surface area contributed by atoms with E-state index in [0.717, 1.165) is 29.9 Å². The Morgan fingerprint density at radius 3 is 2.40 bits per heavy atom. The molecule has 0 radical (unpaired) electrons. The van der Waals surface area contributed by atoms with Crippen LogP contribution in [0.3, 0.4) is 0 Å². The van der Waals surface area contributed by atoms with Crippen molar-refractivity contribution in [1.82, 2.24) is 5.32 Å². The number of amidine groups is 1. The van der Waals surface area contributed by atoms with Crippen molar-refractivity contribution in [1.29, 1.82) is 0 Å². The number of nitrogens with one attached hydrogen (secondary N) is 1. The SMILES string of the molecule is C1=CC2c3ccccc3N(c3ccc(-c4cccc(C5=CC(c6ccccc6)N=C(C6=CCCC=C6)N5)c4)cc3)C2C=C1. The molecule has 2 aliphatic heterocycles. The van der Waals surface area contributed by atoms with E-state index in [0.29, 0.717) is 12.0 Å². The first-order chi connectivity index (χ1) is 21.3. The molecule has 3 heteroatoms. The Kier molecular flexibility index (Phi) is 6.49. The lowest BCUT2D eigenvalue weighted by atomic mass is 9.91. The molecule has 4 aromatic carbocycles. The second kappa shape index (κ2) is 10.9. The summed E-state index contributed by atoms with van der Waals surface area (Å²) >= 11 is 0. The number of benzene rings is 4. The molecule has 0 aromatic heterocycles. The van der Waals surface area contributed by atoms with E-state index in [-0.39, 0.29) is 6.04 Å². The lowest BCUT2D eigenvalue weighted by Gasteiger charge is -2.28. The van der Waals surface area contributed by atoms with Crippen LogP contribution in [0, 0.1) is 0 Å². The van der Waals surface area contributed by atoms with E-state index in [9.17, 15) is 0 Å². The minimum atomic E-state index is -0.0394. The molecule has 3 unspecified atom stereocenters. The number of nitrogens with zero attached hydrogens (tertiary/aromatic N) is 2. The zero-order valence-corrected chi connectivity index (χ0v) is 24.0. The van der Waals surface area contributed by atoms with Gasteiger partial charge in [0.1, 0.15) is 5.84 Å². The summed E-state index contributed by atoms with van der Waals surface area (Å²) in [7, 11) is 0. The van der Waals surface area contributed by atoms with E-state index in [1.807, 2.05) is 0 Å². The van der Waals surface area contributed by atoms with Crippen molar-refractivity contribution >= 4 is 22.9 Å². The smallest absolute Gasteiger partial charge is 0.133 e. The number of hydrogen-bond acceptors (Lipinski definition) is 3. The van der Waals surface area contributed by atoms with E-state index >= 15 is 0 Å². The summed E-state index contributed by atoms with van der Waals surface area (Å²) < 4.78 is 0. The third kappa shape index (κ3) is 4.77. The minimum Gasteiger partial charge on any atom is -0.340 e. The number of hydrogen-bond donors (Lipinski definition) is 1. The average molecular weight is 556 g/mol. The number of rotatable bonds is 5. The van der Waals surface area contributed by atoms with Crippen LogP contribution in [0.25, 0.3) is 16.8 Å². The Hall–Kier alpha value is -5.15. The van der Waals surface area contributed by atoms with Crippen LogP contribution < -0.4 is 10.2 Å². The lowest BCUT2D eigenvalue weighted by Crippen LogP contribution is -2.28. The van der Waals surface area contributed by atoms with Gasteiger partial charge in [-0.05, 0) is 71.0 Å². The number of allylic oxidation sites excluding steroid dienone is 4. The molecule has 2 heterocycles. The van der Waals surface area contributed by atoms with Gasteiger partial charge in [-0.1, -0.05) is 121 Å². The maximum Gasteiger partial charge on any atom is 0.133 e. The van der Waals surface area contributed by atoms with Gasteiger partial charge in [0, 0.05) is 28.6 Å². The molecule has 0 amide bonds. The van der Waals surface area contributed by atoms with Gasteiger partial charge in [0.15, 0.2) is 0 Å². The predicted octanol–water partition coefficient (Wildman–Crippen LogP) is 9.44. The van der Waals surface area contributed by atoms with Crippen molar-refractivity contribution in [3.05, 3.63) is 174 Å². The topological polar surface area (TPSA) is 27.6 Å². The van der Waals surface area contributed by atoms with Gasteiger partial charge >= 0.3 is 0 Å². The van der Waals surface area contributed by atoms with Crippen LogP contribution in [0.5, 0.6) is 0 Å². The van der Waals surface area contributed by atoms with Gasteiger partial charge in [0.25, 0.3) is 0 Å². The van der Waals surface area contributed by atoms with Crippen LogP contribution in [0.1, 0.15) is 41.5 Å². The fourth-order valence-corrected chi connectivity index (χ4v) is 6.73. The Balaban J connectivity index is 1.11. The van der Waals surface area contributed by atoms with Gasteiger partial charge < -0.3 is 10.2 Å². The molecule has 8 rings (SSSR count). The molecule has 208 valence electrons. The highest BCUT2D eigenvalue weighted by atomic mass is 15.2. The van der Waals surface area contributed by atoms with Gasteiger partial charge in [0.05, 0.1) is 12.1 Å². The summed E-state index contributed by atoms with van der Waals surface area (Å²) in [5, 5.41) is 3.67. The summed E-state index contributed by atoms with van der Waals surface area (Å²) in [5.74, 6) is 1.33. The van der Waals surface area contributed by atoms with Crippen molar-refractivity contribution in [2.75, 3.05) is 4.90 Å². The maximum absolute atomic E-state index is 5.12. The van der Waals surface area contributed by atoms with Crippen molar-refractivity contribution in [2.45, 2.75) is 30.8 Å². The van der Waals surface area contributed by atoms with Crippen LogP contribution in [0.4, 0.5) is 11.4 Å². The summed E-state index contributed by atoms with van der Waals surface area (Å²) in [5.41, 5.74) is 10.9. The first kappa shape index (κ1) is 25.6. The molecule has 2 aliphatic carbocycles. The van der Waals surface area contributed by atoms with E-state index in [4.69, 9.17) is 4.99 Å². The van der Waals surface area contributed by atoms with Crippen LogP contribution in [-0.4, -0.2) is 11.9 Å². The molecule has 0 saturated heterocycles. The van der Waals surface area contributed by atoms with E-state index < -0.39 is 0 Å². The molecular formula is C40H33N3. The summed E-state index contributed by atoms with van der Waals surface area (Å²) in [6, 6.07) is 37.5. The van der Waals surface area contributed by atoms with E-state index in [2.05, 4.69) is 162 Å². The Morgan fingerprint density at radius 2 is 1.53 bits per heavy atom. The monoisotopic (exact) mass is 555 g/mol. The van der Waals surface area contributed by atoms with Crippen molar-refractivity contribution < 1.29 is 0 Å². The van der Waals surface area contributed by atoms with Gasteiger partial charge in [-0.25, -0.2) is 0 Å². The zero-order chi connectivity index (χ0) is 28.6. The molecule has 0 saturated carbocycles. The second-order valence-electron chi connectivity index (χ2n) is 11.5. The predicted molar refractivity (Wildman–Crippen MR) is 179 cm³/mol. The number of aliphatic imine (C=N–C) groups is 1. The lowest BCUT2D eigenvalue weighted by molar-refractivity contribution is 0.745. The molecule has 43 heavy (non-hydrogen) atoms. The van der Waals surface area contributed by atoms with Crippen molar-refractivity contribution in [2.24, 2.45) is 4.99 Å². The Labute approximate surface area is 253 Å². The third-order valence-corrected chi connectivity index (χ3v) is 8.87. The van der Waals surface area contributed by atoms with Gasteiger partial charge in [-0.15, -0.1) is 0 Å². The summed E-state index contributed by atoms with van der Waals surface area (Å²) in [6.45, 7) is 0. The second-order valence-corrected chi connectivity index (χ2v) is 11.5. The molecule has 0 spiro atoms. The molecule has 0 bridgehead atoms. The van der Waals surface area contributed by atoms with Crippen LogP contribution >= 0.6 is 0 Å². The standard InChI is InChI=1S/C40H33N3/c1-3-12-29(13-4-1)36-27-37(42-40(41-36)30-14-5-2-6-15-30)32-17-11-16-31(26-32)28-22-24-33(25-23-28)43-38-20-9-7-18-34(38)35-19-8-10-21-39(35)43/h1,3-5,7-27,34,36,38H,2,6H2,(H,41,42). The fourth-order valence-electron chi connectivity index (χ4n) is 6.73. The van der Waals surface area contributed by atoms with Crippen LogP contribution in [-0.2, 0) is 0 Å². The molecule has 3 nitrogen and oxygen atoms in total. The number of fused-ring (bicyclic) bond motifs is 3. The van der Waals surface area contributed by atoms with Gasteiger partial charge in [0.2, 0.25) is 0 Å². The zero-order valence-electron chi connectivity index (χ0n) is 24.0. The van der Waals surface area contributed by atoms with E-state index in [1.165, 1.54) is 39.2 Å².